The third-order valence-corrected chi connectivity index (χ3v) is 4.07. The second-order valence-electron chi connectivity index (χ2n) is 5.64. The molecule has 110 valence electrons. The van der Waals surface area contributed by atoms with Gasteiger partial charge in [-0.3, -0.25) is 9.59 Å². The normalized spacial score (nSPS) is 13.1. The molecular weight excluding hydrogens is 299 g/mol. The van der Waals surface area contributed by atoms with Crippen LogP contribution in [0.25, 0.3) is 0 Å². The summed E-state index contributed by atoms with van der Waals surface area (Å²) in [5, 5.41) is 0.0650. The summed E-state index contributed by atoms with van der Waals surface area (Å²) in [4.78, 5) is 23.9. The van der Waals surface area contributed by atoms with Gasteiger partial charge in [0.2, 0.25) is 0 Å². The van der Waals surface area contributed by atoms with Crippen molar-refractivity contribution in [3.8, 4) is 0 Å². The van der Waals surface area contributed by atoms with Gasteiger partial charge in [0.05, 0.1) is 5.92 Å². The molecule has 0 aliphatic heterocycles. The Balaban J connectivity index is 2.93. The van der Waals surface area contributed by atoms with Crippen molar-refractivity contribution in [2.45, 2.75) is 38.9 Å². The summed E-state index contributed by atoms with van der Waals surface area (Å²) in [6, 6.07) is 3.98. The first kappa shape index (κ1) is 17.2. The van der Waals surface area contributed by atoms with E-state index < -0.39 is 11.7 Å². The monoisotopic (exact) mass is 316 g/mol. The van der Waals surface area contributed by atoms with E-state index in [-0.39, 0.29) is 27.1 Å². The number of Topliss-reactive ketones (excluding diaryl/α,β-unsaturated/α-hetero) is 1. The van der Waals surface area contributed by atoms with Crippen molar-refractivity contribution in [3.63, 3.8) is 0 Å². The lowest BCUT2D eigenvalue weighted by Gasteiger charge is -2.20. The summed E-state index contributed by atoms with van der Waals surface area (Å²) >= 11 is 7.09. The zero-order valence-electron chi connectivity index (χ0n) is 12.0. The molecule has 1 aromatic carbocycles. The Kier molecular flexibility index (Phi) is 5.78. The van der Waals surface area contributed by atoms with Gasteiger partial charge in [0.25, 0.3) is 0 Å². The third kappa shape index (κ3) is 5.25. The molecule has 0 aromatic heterocycles. The molecule has 20 heavy (non-hydrogen) atoms. The van der Waals surface area contributed by atoms with Gasteiger partial charge in [0, 0.05) is 9.77 Å². The average Bonchev–Trinajstić information content (AvgIpc) is 2.24. The summed E-state index contributed by atoms with van der Waals surface area (Å²) in [5.74, 6) is -1.39. The Labute approximate surface area is 128 Å². The first-order valence-corrected chi connectivity index (χ1v) is 7.47. The Morgan fingerprint density at radius 1 is 1.35 bits per heavy atom. The Morgan fingerprint density at radius 3 is 2.40 bits per heavy atom. The SMILES string of the molecule is CC(=O)C(Cc1ccc(F)cc1Cl)C(=O)SC(C)(C)C. The maximum atomic E-state index is 13.0. The van der Waals surface area contributed by atoms with Gasteiger partial charge < -0.3 is 0 Å². The second-order valence-corrected chi connectivity index (χ2v) is 7.88. The van der Waals surface area contributed by atoms with Crippen molar-refractivity contribution >= 4 is 34.3 Å². The molecule has 0 saturated heterocycles. The molecule has 0 saturated carbocycles. The highest BCUT2D eigenvalue weighted by atomic mass is 35.5. The van der Waals surface area contributed by atoms with E-state index >= 15 is 0 Å². The number of carbonyl (C=O) groups is 2. The fourth-order valence-corrected chi connectivity index (χ4v) is 2.91. The molecule has 0 radical (unpaired) electrons. The van der Waals surface area contributed by atoms with Crippen LogP contribution < -0.4 is 0 Å². The van der Waals surface area contributed by atoms with Gasteiger partial charge in [-0.15, -0.1) is 0 Å². The Bertz CT molecular complexity index is 523. The molecule has 1 rings (SSSR count). The van der Waals surface area contributed by atoms with E-state index in [9.17, 15) is 14.0 Å². The molecule has 0 aliphatic rings. The Morgan fingerprint density at radius 2 is 1.95 bits per heavy atom. The number of benzene rings is 1. The van der Waals surface area contributed by atoms with Crippen molar-refractivity contribution in [1.29, 1.82) is 0 Å². The van der Waals surface area contributed by atoms with Gasteiger partial charge in [0.15, 0.2) is 5.12 Å². The zero-order valence-corrected chi connectivity index (χ0v) is 13.6. The van der Waals surface area contributed by atoms with E-state index in [0.717, 1.165) is 11.8 Å². The predicted molar refractivity (Wildman–Crippen MR) is 81.6 cm³/mol. The van der Waals surface area contributed by atoms with Crippen LogP contribution in [0.3, 0.4) is 0 Å². The minimum absolute atomic E-state index is 0.176. The minimum Gasteiger partial charge on any atom is -0.299 e. The first-order valence-electron chi connectivity index (χ1n) is 6.27. The van der Waals surface area contributed by atoms with Gasteiger partial charge >= 0.3 is 0 Å². The fourth-order valence-electron chi connectivity index (χ4n) is 1.67. The van der Waals surface area contributed by atoms with Crippen molar-refractivity contribution in [1.82, 2.24) is 0 Å². The highest BCUT2D eigenvalue weighted by Gasteiger charge is 2.28. The van der Waals surface area contributed by atoms with Crippen molar-refractivity contribution in [2.75, 3.05) is 0 Å². The van der Waals surface area contributed by atoms with Crippen LogP contribution in [0.4, 0.5) is 4.39 Å². The number of carbonyl (C=O) groups excluding carboxylic acids is 2. The van der Waals surface area contributed by atoms with Gasteiger partial charge in [-0.2, -0.15) is 0 Å². The van der Waals surface area contributed by atoms with E-state index in [1.54, 1.807) is 0 Å². The van der Waals surface area contributed by atoms with Crippen LogP contribution in [0.15, 0.2) is 18.2 Å². The third-order valence-electron chi connectivity index (χ3n) is 2.62. The topological polar surface area (TPSA) is 34.1 Å². The minimum atomic E-state index is -0.748. The molecule has 0 fully saturated rings. The van der Waals surface area contributed by atoms with Crippen molar-refractivity contribution < 1.29 is 14.0 Å². The van der Waals surface area contributed by atoms with Crippen molar-refractivity contribution in [2.24, 2.45) is 5.92 Å². The molecule has 2 nitrogen and oxygen atoms in total. The van der Waals surface area contributed by atoms with Crippen LogP contribution in [0.2, 0.25) is 5.02 Å². The first-order chi connectivity index (χ1) is 9.10. The van der Waals surface area contributed by atoms with E-state index in [1.807, 2.05) is 20.8 Å². The molecule has 0 aliphatic carbocycles. The number of hydrogen-bond acceptors (Lipinski definition) is 3. The van der Waals surface area contributed by atoms with Gasteiger partial charge in [-0.25, -0.2) is 4.39 Å². The standard InChI is InChI=1S/C15H18ClFO2S/c1-9(18)12(14(19)20-15(2,3)4)7-10-5-6-11(17)8-13(10)16/h5-6,8,12H,7H2,1-4H3. The molecular formula is C15H18ClFO2S. The number of rotatable bonds is 4. The lowest BCUT2D eigenvalue weighted by molar-refractivity contribution is -0.127. The molecule has 0 heterocycles. The summed E-state index contributed by atoms with van der Waals surface area (Å²) in [5.41, 5.74) is 0.608. The number of ketones is 1. The van der Waals surface area contributed by atoms with Crippen LogP contribution in [-0.4, -0.2) is 15.6 Å². The fraction of sp³-hybridized carbons (Fsp3) is 0.467. The molecule has 0 spiro atoms. The smallest absolute Gasteiger partial charge is 0.200 e. The highest BCUT2D eigenvalue weighted by Crippen LogP contribution is 2.30. The van der Waals surface area contributed by atoms with E-state index in [1.165, 1.54) is 25.1 Å². The maximum absolute atomic E-state index is 13.0. The summed E-state index contributed by atoms with van der Waals surface area (Å²) < 4.78 is 12.7. The van der Waals surface area contributed by atoms with Crippen LogP contribution in [-0.2, 0) is 16.0 Å². The molecule has 1 unspecified atom stereocenters. The largest absolute Gasteiger partial charge is 0.299 e. The van der Waals surface area contributed by atoms with E-state index in [0.29, 0.717) is 5.56 Å². The van der Waals surface area contributed by atoms with Crippen LogP contribution in [0, 0.1) is 11.7 Å². The van der Waals surface area contributed by atoms with Gasteiger partial charge in [-0.05, 0) is 31.0 Å². The number of thioether (sulfide) groups is 1. The Hall–Kier alpha value is -0.870. The summed E-state index contributed by atoms with van der Waals surface area (Å²) in [6.07, 6.45) is 0.205. The van der Waals surface area contributed by atoms with Crippen LogP contribution in [0.5, 0.6) is 0 Å². The lowest BCUT2D eigenvalue weighted by Crippen LogP contribution is -2.25. The van der Waals surface area contributed by atoms with Gasteiger partial charge in [0.1, 0.15) is 11.6 Å². The van der Waals surface area contributed by atoms with Crippen LogP contribution in [0.1, 0.15) is 33.3 Å². The van der Waals surface area contributed by atoms with Crippen molar-refractivity contribution in [3.05, 3.63) is 34.6 Å². The molecule has 1 atom stereocenters. The average molecular weight is 317 g/mol. The predicted octanol–water partition coefficient (Wildman–Crippen LogP) is 4.29. The quantitative estimate of drug-likeness (QED) is 0.777. The number of hydrogen-bond donors (Lipinski definition) is 0. The summed E-state index contributed by atoms with van der Waals surface area (Å²) in [6.45, 7) is 7.14. The van der Waals surface area contributed by atoms with E-state index in [2.05, 4.69) is 0 Å². The van der Waals surface area contributed by atoms with Gasteiger partial charge in [-0.1, -0.05) is 50.2 Å². The van der Waals surface area contributed by atoms with Crippen LogP contribution >= 0.6 is 23.4 Å². The maximum Gasteiger partial charge on any atom is 0.200 e. The van der Waals surface area contributed by atoms with E-state index in [4.69, 9.17) is 11.6 Å². The second kappa shape index (κ2) is 6.72. The molecule has 0 amide bonds. The molecule has 0 N–H and O–H groups in total. The molecule has 1 aromatic rings. The molecule has 5 heteroatoms. The zero-order chi connectivity index (χ0) is 15.5. The number of halogens is 2. The molecule has 0 bridgehead atoms. The highest BCUT2D eigenvalue weighted by molar-refractivity contribution is 8.14. The summed E-state index contributed by atoms with van der Waals surface area (Å²) in [7, 11) is 0. The lowest BCUT2D eigenvalue weighted by atomic mass is 9.97.